The maximum Gasteiger partial charge on any atom is 0.255 e. The molecular formula is C22H16BrN3O2. The van der Waals surface area contributed by atoms with E-state index in [2.05, 4.69) is 31.4 Å². The summed E-state index contributed by atoms with van der Waals surface area (Å²) >= 11 is 3.36. The van der Waals surface area contributed by atoms with Gasteiger partial charge in [0.05, 0.1) is 6.42 Å². The van der Waals surface area contributed by atoms with Gasteiger partial charge >= 0.3 is 0 Å². The van der Waals surface area contributed by atoms with E-state index in [0.717, 1.165) is 21.3 Å². The van der Waals surface area contributed by atoms with E-state index in [1.807, 2.05) is 66.7 Å². The van der Waals surface area contributed by atoms with Crippen LogP contribution in [0.2, 0.25) is 0 Å². The normalized spacial score (nSPS) is 10.6. The van der Waals surface area contributed by atoms with Crippen molar-refractivity contribution in [3.8, 4) is 11.5 Å². The zero-order valence-corrected chi connectivity index (χ0v) is 16.4. The molecule has 1 N–H and O–H groups in total. The first kappa shape index (κ1) is 18.1. The first-order valence-electron chi connectivity index (χ1n) is 8.71. The highest BCUT2D eigenvalue weighted by atomic mass is 79.9. The van der Waals surface area contributed by atoms with E-state index < -0.39 is 0 Å². The third kappa shape index (κ3) is 4.35. The average molecular weight is 434 g/mol. The molecule has 0 unspecified atom stereocenters. The summed E-state index contributed by atoms with van der Waals surface area (Å²) in [4.78, 5) is 12.3. The standard InChI is InChI=1S/C22H16BrN3O2/c23-18-10-8-16(9-11-18)21(27)24-19-12-6-15(7-13-19)14-20-25-26-22(28-20)17-4-2-1-3-5-17/h1-13H,14H2,(H,24,27). The van der Waals surface area contributed by atoms with Crippen molar-refractivity contribution in [3.63, 3.8) is 0 Å². The lowest BCUT2D eigenvalue weighted by Crippen LogP contribution is -2.11. The van der Waals surface area contributed by atoms with Crippen LogP contribution < -0.4 is 5.32 Å². The molecule has 1 heterocycles. The third-order valence-corrected chi connectivity index (χ3v) is 4.69. The highest BCUT2D eigenvalue weighted by molar-refractivity contribution is 9.10. The zero-order chi connectivity index (χ0) is 19.3. The topological polar surface area (TPSA) is 68.0 Å². The molecule has 6 heteroatoms. The minimum atomic E-state index is -0.148. The molecule has 0 aliphatic heterocycles. The van der Waals surface area contributed by atoms with Gasteiger partial charge in [0.2, 0.25) is 11.8 Å². The quantitative estimate of drug-likeness (QED) is 0.460. The lowest BCUT2D eigenvalue weighted by Gasteiger charge is -2.06. The van der Waals surface area contributed by atoms with E-state index in [0.29, 0.717) is 23.8 Å². The second kappa shape index (κ2) is 8.19. The van der Waals surface area contributed by atoms with Gasteiger partial charge in [-0.25, -0.2) is 0 Å². The molecule has 0 fully saturated rings. The van der Waals surface area contributed by atoms with E-state index in [-0.39, 0.29) is 5.91 Å². The summed E-state index contributed by atoms with van der Waals surface area (Å²) in [5.74, 6) is 0.907. The number of aromatic nitrogens is 2. The summed E-state index contributed by atoms with van der Waals surface area (Å²) in [5, 5.41) is 11.1. The van der Waals surface area contributed by atoms with Gasteiger partial charge in [-0.1, -0.05) is 46.3 Å². The Morgan fingerprint density at radius 3 is 2.32 bits per heavy atom. The van der Waals surface area contributed by atoms with Crippen LogP contribution in [0.15, 0.2) is 87.8 Å². The smallest absolute Gasteiger partial charge is 0.255 e. The molecule has 1 aromatic heterocycles. The predicted octanol–water partition coefficient (Wildman–Crippen LogP) is 5.34. The number of nitrogens with zero attached hydrogens (tertiary/aromatic N) is 2. The summed E-state index contributed by atoms with van der Waals surface area (Å²) in [6, 6.07) is 24.5. The van der Waals surface area contributed by atoms with E-state index in [1.165, 1.54) is 0 Å². The summed E-state index contributed by atoms with van der Waals surface area (Å²) < 4.78 is 6.68. The van der Waals surface area contributed by atoms with Gasteiger partial charge in [0.1, 0.15) is 0 Å². The second-order valence-electron chi connectivity index (χ2n) is 6.20. The highest BCUT2D eigenvalue weighted by Gasteiger charge is 2.10. The van der Waals surface area contributed by atoms with Crippen molar-refractivity contribution < 1.29 is 9.21 Å². The Labute approximate surface area is 170 Å². The Bertz CT molecular complexity index is 1070. The summed E-state index contributed by atoms with van der Waals surface area (Å²) in [5.41, 5.74) is 3.25. The SMILES string of the molecule is O=C(Nc1ccc(Cc2nnc(-c3ccccc3)o2)cc1)c1ccc(Br)cc1. The Morgan fingerprint density at radius 1 is 0.893 bits per heavy atom. The van der Waals surface area contributed by atoms with Crippen molar-refractivity contribution in [2.24, 2.45) is 0 Å². The summed E-state index contributed by atoms with van der Waals surface area (Å²) in [6.45, 7) is 0. The molecule has 0 saturated carbocycles. The Balaban J connectivity index is 1.40. The van der Waals surface area contributed by atoms with Crippen molar-refractivity contribution in [2.45, 2.75) is 6.42 Å². The van der Waals surface area contributed by atoms with Gasteiger partial charge in [-0.2, -0.15) is 0 Å². The predicted molar refractivity (Wildman–Crippen MR) is 111 cm³/mol. The van der Waals surface area contributed by atoms with Crippen LogP contribution in [-0.2, 0) is 6.42 Å². The number of amides is 1. The molecule has 0 aliphatic rings. The number of anilines is 1. The van der Waals surface area contributed by atoms with E-state index in [1.54, 1.807) is 12.1 Å². The molecule has 0 radical (unpaired) electrons. The van der Waals surface area contributed by atoms with Gasteiger partial charge in [-0.15, -0.1) is 10.2 Å². The summed E-state index contributed by atoms with van der Waals surface area (Å²) in [6.07, 6.45) is 0.529. The van der Waals surface area contributed by atoms with Crippen LogP contribution in [0.1, 0.15) is 21.8 Å². The lowest BCUT2D eigenvalue weighted by molar-refractivity contribution is 0.102. The van der Waals surface area contributed by atoms with Crippen LogP contribution in [0.4, 0.5) is 5.69 Å². The first-order valence-corrected chi connectivity index (χ1v) is 9.50. The van der Waals surface area contributed by atoms with E-state index in [4.69, 9.17) is 4.42 Å². The molecule has 0 bridgehead atoms. The van der Waals surface area contributed by atoms with E-state index in [9.17, 15) is 4.79 Å². The van der Waals surface area contributed by atoms with Crippen LogP contribution in [0.5, 0.6) is 0 Å². The van der Waals surface area contributed by atoms with Gasteiger partial charge in [0.15, 0.2) is 0 Å². The molecule has 138 valence electrons. The third-order valence-electron chi connectivity index (χ3n) is 4.16. The second-order valence-corrected chi connectivity index (χ2v) is 7.12. The number of hydrogen-bond acceptors (Lipinski definition) is 4. The molecule has 28 heavy (non-hydrogen) atoms. The number of carbonyl (C=O) groups is 1. The molecule has 0 atom stereocenters. The van der Waals surface area contributed by atoms with Crippen LogP contribution >= 0.6 is 15.9 Å². The maximum absolute atomic E-state index is 12.3. The fraction of sp³-hybridized carbons (Fsp3) is 0.0455. The zero-order valence-electron chi connectivity index (χ0n) is 14.8. The minimum Gasteiger partial charge on any atom is -0.420 e. The Morgan fingerprint density at radius 2 is 1.61 bits per heavy atom. The van der Waals surface area contributed by atoms with Gasteiger partial charge < -0.3 is 9.73 Å². The summed E-state index contributed by atoms with van der Waals surface area (Å²) in [7, 11) is 0. The number of hydrogen-bond donors (Lipinski definition) is 1. The largest absolute Gasteiger partial charge is 0.420 e. The fourth-order valence-electron chi connectivity index (χ4n) is 2.71. The van der Waals surface area contributed by atoms with Crippen LogP contribution in [-0.4, -0.2) is 16.1 Å². The molecule has 4 rings (SSSR count). The van der Waals surface area contributed by atoms with Crippen molar-refractivity contribution in [3.05, 3.63) is 100 Å². The molecule has 1 amide bonds. The van der Waals surface area contributed by atoms with Gasteiger partial charge in [-0.3, -0.25) is 4.79 Å². The van der Waals surface area contributed by atoms with Crippen LogP contribution in [0.3, 0.4) is 0 Å². The fourth-order valence-corrected chi connectivity index (χ4v) is 2.97. The van der Waals surface area contributed by atoms with Gasteiger partial charge in [0, 0.05) is 21.3 Å². The molecule has 4 aromatic rings. The van der Waals surface area contributed by atoms with Crippen LogP contribution in [0, 0.1) is 0 Å². The Hall–Kier alpha value is -3.25. The number of nitrogens with one attached hydrogen (secondary N) is 1. The van der Waals surface area contributed by atoms with Crippen molar-refractivity contribution in [1.82, 2.24) is 10.2 Å². The lowest BCUT2D eigenvalue weighted by atomic mass is 10.1. The van der Waals surface area contributed by atoms with Gasteiger partial charge in [0.25, 0.3) is 5.91 Å². The molecule has 5 nitrogen and oxygen atoms in total. The first-order chi connectivity index (χ1) is 13.7. The highest BCUT2D eigenvalue weighted by Crippen LogP contribution is 2.19. The number of rotatable bonds is 5. The molecular weight excluding hydrogens is 418 g/mol. The average Bonchev–Trinajstić information content (AvgIpc) is 3.19. The van der Waals surface area contributed by atoms with Gasteiger partial charge in [-0.05, 0) is 54.1 Å². The van der Waals surface area contributed by atoms with E-state index >= 15 is 0 Å². The van der Waals surface area contributed by atoms with Crippen molar-refractivity contribution >= 4 is 27.5 Å². The molecule has 0 aliphatic carbocycles. The van der Waals surface area contributed by atoms with Crippen molar-refractivity contribution in [1.29, 1.82) is 0 Å². The van der Waals surface area contributed by atoms with Crippen LogP contribution in [0.25, 0.3) is 11.5 Å². The number of carbonyl (C=O) groups excluding carboxylic acids is 1. The Kier molecular flexibility index (Phi) is 5.30. The minimum absolute atomic E-state index is 0.148. The molecule has 0 spiro atoms. The number of halogens is 1. The number of benzene rings is 3. The molecule has 0 saturated heterocycles. The van der Waals surface area contributed by atoms with Crippen molar-refractivity contribution in [2.75, 3.05) is 5.32 Å². The molecule has 3 aromatic carbocycles. The maximum atomic E-state index is 12.3. The monoisotopic (exact) mass is 433 g/mol.